The molecule has 0 atom stereocenters. The summed E-state index contributed by atoms with van der Waals surface area (Å²) in [6.45, 7) is 0. The van der Waals surface area contributed by atoms with E-state index >= 15 is 0 Å². The molecule has 1 heterocycles. The molecule has 0 saturated heterocycles. The molecule has 0 fully saturated rings. The molecule has 0 aliphatic heterocycles. The average Bonchev–Trinajstić information content (AvgIpc) is 2.36. The molecule has 11 heavy (non-hydrogen) atoms. The van der Waals surface area contributed by atoms with Gasteiger partial charge in [-0.05, 0) is 28.1 Å². The number of hydrogen-bond acceptors (Lipinski definition) is 3. The molecule has 0 spiro atoms. The van der Waals surface area contributed by atoms with Crippen LogP contribution in [0.25, 0.3) is 5.70 Å². The van der Waals surface area contributed by atoms with Crippen molar-refractivity contribution >= 4 is 33.0 Å². The first-order chi connectivity index (χ1) is 5.24. The summed E-state index contributed by atoms with van der Waals surface area (Å²) in [4.78, 5) is 0.915. The maximum atomic E-state index is 8.29. The van der Waals surface area contributed by atoms with Gasteiger partial charge in [-0.1, -0.05) is 0 Å². The van der Waals surface area contributed by atoms with Gasteiger partial charge < -0.3 is 5.73 Å². The van der Waals surface area contributed by atoms with Gasteiger partial charge in [-0.25, -0.2) is 0 Å². The van der Waals surface area contributed by atoms with Crippen molar-refractivity contribution < 1.29 is 0 Å². The number of nitrogens with two attached hydrogens (primary N) is 1. The second-order valence-corrected chi connectivity index (χ2v) is 4.30. The number of nitriles is 1. The molecule has 0 radical (unpaired) electrons. The van der Waals surface area contributed by atoms with Crippen LogP contribution in [-0.2, 0) is 0 Å². The van der Waals surface area contributed by atoms with Gasteiger partial charge >= 0.3 is 0 Å². The monoisotopic (exact) mass is 228 g/mol. The van der Waals surface area contributed by atoms with Crippen molar-refractivity contribution in [3.8, 4) is 6.07 Å². The number of hydrogen-bond donors (Lipinski definition) is 1. The van der Waals surface area contributed by atoms with Crippen molar-refractivity contribution in [1.29, 1.82) is 5.26 Å². The fourth-order valence-corrected chi connectivity index (χ4v) is 1.92. The highest BCUT2D eigenvalue weighted by molar-refractivity contribution is 9.11. The number of thiophene rings is 1. The van der Waals surface area contributed by atoms with Gasteiger partial charge in [0, 0.05) is 6.08 Å². The molecule has 0 aliphatic rings. The number of halogens is 1. The predicted octanol–water partition coefficient (Wildman–Crippen LogP) is 2.33. The second-order valence-electron chi connectivity index (χ2n) is 1.83. The normalized spacial score (nSPS) is 11.1. The fourth-order valence-electron chi connectivity index (χ4n) is 0.610. The molecule has 0 aromatic carbocycles. The van der Waals surface area contributed by atoms with Crippen LogP contribution in [0.1, 0.15) is 4.88 Å². The maximum Gasteiger partial charge on any atom is 0.0934 e. The quantitative estimate of drug-likeness (QED) is 0.751. The van der Waals surface area contributed by atoms with E-state index in [-0.39, 0.29) is 0 Å². The zero-order valence-electron chi connectivity index (χ0n) is 5.54. The van der Waals surface area contributed by atoms with Gasteiger partial charge in [-0.15, -0.1) is 11.3 Å². The predicted molar refractivity (Wildman–Crippen MR) is 49.8 cm³/mol. The Morgan fingerprint density at radius 3 is 2.91 bits per heavy atom. The Hall–Kier alpha value is -0.790. The Morgan fingerprint density at radius 2 is 2.45 bits per heavy atom. The molecular formula is C7H5BrN2S. The van der Waals surface area contributed by atoms with Crippen LogP contribution < -0.4 is 5.73 Å². The van der Waals surface area contributed by atoms with Crippen LogP contribution in [0, 0.1) is 11.3 Å². The molecule has 1 aromatic rings. The maximum absolute atomic E-state index is 8.29. The lowest BCUT2D eigenvalue weighted by atomic mass is 10.3. The van der Waals surface area contributed by atoms with Gasteiger partial charge in [0.2, 0.25) is 0 Å². The van der Waals surface area contributed by atoms with Crippen molar-refractivity contribution in [2.24, 2.45) is 5.73 Å². The first kappa shape index (κ1) is 8.31. The van der Waals surface area contributed by atoms with E-state index in [1.54, 1.807) is 0 Å². The molecule has 1 rings (SSSR count). The zero-order valence-corrected chi connectivity index (χ0v) is 7.95. The summed E-state index contributed by atoms with van der Waals surface area (Å²) in [5.74, 6) is 0. The van der Waals surface area contributed by atoms with E-state index in [1.165, 1.54) is 17.4 Å². The Labute approximate surface area is 77.1 Å². The fraction of sp³-hybridized carbons (Fsp3) is 0. The first-order valence-corrected chi connectivity index (χ1v) is 4.46. The zero-order chi connectivity index (χ0) is 8.27. The van der Waals surface area contributed by atoms with Crippen molar-refractivity contribution in [2.45, 2.75) is 0 Å². The molecule has 1 aromatic heterocycles. The van der Waals surface area contributed by atoms with Crippen LogP contribution in [0.4, 0.5) is 0 Å². The summed E-state index contributed by atoms with van der Waals surface area (Å²) in [6.07, 6.45) is 1.33. The average molecular weight is 229 g/mol. The highest BCUT2D eigenvalue weighted by Gasteiger charge is 1.98. The Kier molecular flexibility index (Phi) is 2.69. The van der Waals surface area contributed by atoms with Crippen LogP contribution >= 0.6 is 27.3 Å². The summed E-state index contributed by atoms with van der Waals surface area (Å²) >= 11 is 4.81. The molecule has 0 saturated carbocycles. The number of rotatable bonds is 1. The first-order valence-electron chi connectivity index (χ1n) is 2.85. The third-order valence-corrected chi connectivity index (χ3v) is 2.75. The minimum Gasteiger partial charge on any atom is -0.397 e. The molecule has 0 bridgehead atoms. The highest BCUT2D eigenvalue weighted by Crippen LogP contribution is 2.25. The van der Waals surface area contributed by atoms with E-state index in [0.717, 1.165) is 8.66 Å². The standard InChI is InChI=1S/C7H5BrN2S/c8-7-2-1-6(11-7)5(10)3-4-9/h1-3H,10H2/b5-3+. The van der Waals surface area contributed by atoms with Gasteiger partial charge in [0.1, 0.15) is 0 Å². The minimum absolute atomic E-state index is 0.517. The van der Waals surface area contributed by atoms with E-state index in [4.69, 9.17) is 11.0 Å². The summed E-state index contributed by atoms with van der Waals surface area (Å²) in [6, 6.07) is 5.65. The van der Waals surface area contributed by atoms with Gasteiger partial charge in [0.15, 0.2) is 0 Å². The third-order valence-electron chi connectivity index (χ3n) is 1.08. The van der Waals surface area contributed by atoms with E-state index in [9.17, 15) is 0 Å². The third kappa shape index (κ3) is 2.07. The van der Waals surface area contributed by atoms with E-state index < -0.39 is 0 Å². The Bertz CT molecular complexity index is 321. The van der Waals surface area contributed by atoms with Crippen molar-refractivity contribution in [2.75, 3.05) is 0 Å². The van der Waals surface area contributed by atoms with E-state index in [2.05, 4.69) is 15.9 Å². The van der Waals surface area contributed by atoms with Crippen LogP contribution in [0.5, 0.6) is 0 Å². The summed E-state index contributed by atoms with van der Waals surface area (Å²) < 4.78 is 1.02. The number of allylic oxidation sites excluding steroid dienone is 1. The van der Waals surface area contributed by atoms with Crippen LogP contribution in [-0.4, -0.2) is 0 Å². The van der Waals surface area contributed by atoms with Crippen LogP contribution in [0.3, 0.4) is 0 Å². The lowest BCUT2D eigenvalue weighted by molar-refractivity contribution is 1.52. The molecule has 0 unspecified atom stereocenters. The molecule has 4 heteroatoms. The molecule has 0 aliphatic carbocycles. The largest absolute Gasteiger partial charge is 0.397 e. The van der Waals surface area contributed by atoms with Gasteiger partial charge in [-0.3, -0.25) is 0 Å². The van der Waals surface area contributed by atoms with Crippen LogP contribution in [0.15, 0.2) is 22.0 Å². The number of nitrogens with zero attached hydrogens (tertiary/aromatic N) is 1. The molecule has 2 nitrogen and oxygen atoms in total. The van der Waals surface area contributed by atoms with Crippen molar-refractivity contribution in [1.82, 2.24) is 0 Å². The van der Waals surface area contributed by atoms with Gasteiger partial charge in [-0.2, -0.15) is 5.26 Å². The van der Waals surface area contributed by atoms with Crippen LogP contribution in [0.2, 0.25) is 0 Å². The topological polar surface area (TPSA) is 49.8 Å². The second kappa shape index (κ2) is 3.56. The summed E-state index contributed by atoms with van der Waals surface area (Å²) in [5.41, 5.74) is 6.06. The van der Waals surface area contributed by atoms with Crippen molar-refractivity contribution in [3.05, 3.63) is 26.9 Å². The lowest BCUT2D eigenvalue weighted by Crippen LogP contribution is -1.91. The smallest absolute Gasteiger partial charge is 0.0934 e. The summed E-state index contributed by atoms with van der Waals surface area (Å²) in [7, 11) is 0. The molecular weight excluding hydrogens is 224 g/mol. The minimum atomic E-state index is 0.517. The Morgan fingerprint density at radius 1 is 1.73 bits per heavy atom. The SMILES string of the molecule is N#C/C=C(/N)c1ccc(Br)s1. The van der Waals surface area contributed by atoms with E-state index in [0.29, 0.717) is 5.70 Å². The van der Waals surface area contributed by atoms with E-state index in [1.807, 2.05) is 18.2 Å². The van der Waals surface area contributed by atoms with Gasteiger partial charge in [0.25, 0.3) is 0 Å². The lowest BCUT2D eigenvalue weighted by Gasteiger charge is -1.90. The molecule has 56 valence electrons. The van der Waals surface area contributed by atoms with Gasteiger partial charge in [0.05, 0.1) is 20.4 Å². The highest BCUT2D eigenvalue weighted by atomic mass is 79.9. The van der Waals surface area contributed by atoms with Crippen molar-refractivity contribution in [3.63, 3.8) is 0 Å². The molecule has 0 amide bonds. The molecule has 2 N–H and O–H groups in total. The summed E-state index contributed by atoms with van der Waals surface area (Å²) in [5, 5.41) is 8.29. The Balaban J connectivity index is 2.95.